The van der Waals surface area contributed by atoms with E-state index in [1.54, 1.807) is 0 Å². The van der Waals surface area contributed by atoms with Gasteiger partial charge in [-0.05, 0) is 55.0 Å². The number of nitrogens with two attached hydrogens (primary N) is 1. The van der Waals surface area contributed by atoms with Crippen molar-refractivity contribution in [1.29, 1.82) is 5.41 Å². The second-order valence-corrected chi connectivity index (χ2v) is 5.99. The molecule has 1 atom stereocenters. The van der Waals surface area contributed by atoms with Gasteiger partial charge in [0.15, 0.2) is 6.10 Å². The van der Waals surface area contributed by atoms with Crippen molar-refractivity contribution in [3.05, 3.63) is 71.3 Å². The highest BCUT2D eigenvalue weighted by molar-refractivity contribution is 5.98. The molecule has 0 radical (unpaired) electrons. The quantitative estimate of drug-likeness (QED) is 0.355. The van der Waals surface area contributed by atoms with Crippen LogP contribution in [0.3, 0.4) is 0 Å². The number of halogens is 5. The van der Waals surface area contributed by atoms with Crippen LogP contribution >= 0.6 is 0 Å². The topological polar surface area (TPSA) is 71.1 Å². The molecule has 28 heavy (non-hydrogen) atoms. The summed E-state index contributed by atoms with van der Waals surface area (Å²) >= 11 is 0. The van der Waals surface area contributed by atoms with Gasteiger partial charge in [-0.2, -0.15) is 13.2 Å². The summed E-state index contributed by atoms with van der Waals surface area (Å²) in [6, 6.07) is 8.86. The molecule has 0 heterocycles. The number of anilines is 1. The standard InChI is InChI=1S/C19H18F5N3O/c1-11(19(22,23)24)28-10-12-6-13(8-15(21)7-12)17(9-18(25)26)27-16-4-2-14(20)3-5-16/h2-9,11,27H,10H2,1H3,(H3,25,26)/b17-9-/t11-/m1/s1. The van der Waals surface area contributed by atoms with Crippen molar-refractivity contribution in [3.8, 4) is 0 Å². The lowest BCUT2D eigenvalue weighted by molar-refractivity contribution is -0.217. The smallest absolute Gasteiger partial charge is 0.384 e. The molecule has 0 aliphatic carbocycles. The van der Waals surface area contributed by atoms with Crippen molar-refractivity contribution in [2.75, 3.05) is 5.32 Å². The molecule has 4 N–H and O–H groups in total. The van der Waals surface area contributed by atoms with Crippen LogP contribution < -0.4 is 11.1 Å². The molecule has 0 unspecified atom stereocenters. The van der Waals surface area contributed by atoms with Crippen molar-refractivity contribution in [2.24, 2.45) is 5.73 Å². The Kier molecular flexibility index (Phi) is 6.74. The number of amidine groups is 1. The number of rotatable bonds is 7. The number of hydrogen-bond donors (Lipinski definition) is 3. The zero-order valence-corrected chi connectivity index (χ0v) is 14.8. The molecule has 2 aromatic carbocycles. The van der Waals surface area contributed by atoms with Crippen LogP contribution in [0.5, 0.6) is 0 Å². The number of benzene rings is 2. The lowest BCUT2D eigenvalue weighted by Crippen LogP contribution is -2.28. The maximum Gasteiger partial charge on any atom is 0.414 e. The number of hydrogen-bond acceptors (Lipinski definition) is 3. The lowest BCUT2D eigenvalue weighted by atomic mass is 10.1. The maximum atomic E-state index is 14.0. The fourth-order valence-corrected chi connectivity index (χ4v) is 2.24. The van der Waals surface area contributed by atoms with Gasteiger partial charge in [0.2, 0.25) is 0 Å². The molecule has 9 heteroatoms. The van der Waals surface area contributed by atoms with Gasteiger partial charge in [-0.15, -0.1) is 0 Å². The third-order valence-electron chi connectivity index (χ3n) is 3.65. The number of ether oxygens (including phenoxy) is 1. The summed E-state index contributed by atoms with van der Waals surface area (Å²) in [5, 5.41) is 10.3. The molecule has 0 fully saturated rings. The summed E-state index contributed by atoms with van der Waals surface area (Å²) in [5.41, 5.74) is 6.45. The average Bonchev–Trinajstić information content (AvgIpc) is 2.59. The van der Waals surface area contributed by atoms with Crippen molar-refractivity contribution in [2.45, 2.75) is 25.8 Å². The zero-order chi connectivity index (χ0) is 20.9. The fraction of sp³-hybridized carbons (Fsp3) is 0.211. The van der Waals surface area contributed by atoms with Crippen LogP contribution in [0.15, 0.2) is 48.5 Å². The predicted octanol–water partition coefficient (Wildman–Crippen LogP) is 4.82. The van der Waals surface area contributed by atoms with Crippen LogP contribution in [0.1, 0.15) is 18.1 Å². The number of nitrogens with one attached hydrogen (secondary N) is 2. The van der Waals surface area contributed by atoms with Gasteiger partial charge in [0.25, 0.3) is 0 Å². The first-order valence-corrected chi connectivity index (χ1v) is 8.11. The van der Waals surface area contributed by atoms with E-state index >= 15 is 0 Å². The van der Waals surface area contributed by atoms with E-state index in [9.17, 15) is 22.0 Å². The van der Waals surface area contributed by atoms with Crippen molar-refractivity contribution < 1.29 is 26.7 Å². The van der Waals surface area contributed by atoms with Gasteiger partial charge in [-0.25, -0.2) is 8.78 Å². The molecule has 0 spiro atoms. The van der Waals surface area contributed by atoms with Gasteiger partial charge in [-0.1, -0.05) is 0 Å². The summed E-state index contributed by atoms with van der Waals surface area (Å²) in [5.74, 6) is -1.49. The predicted molar refractivity (Wildman–Crippen MR) is 96.6 cm³/mol. The van der Waals surface area contributed by atoms with Crippen LogP contribution in [-0.4, -0.2) is 18.1 Å². The molecule has 0 bridgehead atoms. The third kappa shape index (κ3) is 6.34. The lowest BCUT2D eigenvalue weighted by Gasteiger charge is -2.17. The van der Waals surface area contributed by atoms with Gasteiger partial charge >= 0.3 is 6.18 Å². The first kappa shape index (κ1) is 21.4. The highest BCUT2D eigenvalue weighted by Crippen LogP contribution is 2.25. The van der Waals surface area contributed by atoms with E-state index in [0.717, 1.165) is 19.1 Å². The first-order valence-electron chi connectivity index (χ1n) is 8.11. The van der Waals surface area contributed by atoms with E-state index in [1.807, 2.05) is 0 Å². The van der Waals surface area contributed by atoms with E-state index in [4.69, 9.17) is 15.9 Å². The molecule has 0 aliphatic rings. The molecule has 4 nitrogen and oxygen atoms in total. The zero-order valence-electron chi connectivity index (χ0n) is 14.8. The summed E-state index contributed by atoms with van der Waals surface area (Å²) in [4.78, 5) is 0. The van der Waals surface area contributed by atoms with Crippen LogP contribution in [0.4, 0.5) is 27.6 Å². The average molecular weight is 399 g/mol. The Hall–Kier alpha value is -2.94. The fourth-order valence-electron chi connectivity index (χ4n) is 2.24. The van der Waals surface area contributed by atoms with Crippen LogP contribution in [0, 0.1) is 17.0 Å². The molecule has 0 aliphatic heterocycles. The molecule has 0 saturated carbocycles. The minimum Gasteiger partial charge on any atom is -0.384 e. The molecule has 0 amide bonds. The SMILES string of the molecule is C[C@@H](OCc1cc(F)cc(/C(=C/C(=N)N)Nc2ccc(F)cc2)c1)C(F)(F)F. The van der Waals surface area contributed by atoms with E-state index in [1.165, 1.54) is 36.4 Å². The normalized spacial score (nSPS) is 13.3. The van der Waals surface area contributed by atoms with Crippen LogP contribution in [0.2, 0.25) is 0 Å². The Morgan fingerprint density at radius 2 is 1.79 bits per heavy atom. The van der Waals surface area contributed by atoms with Crippen molar-refractivity contribution >= 4 is 17.2 Å². The van der Waals surface area contributed by atoms with Gasteiger partial charge in [0.05, 0.1) is 6.61 Å². The van der Waals surface area contributed by atoms with Gasteiger partial charge in [-0.3, -0.25) is 5.41 Å². The summed E-state index contributed by atoms with van der Waals surface area (Å²) in [6.45, 7) is 0.396. The summed E-state index contributed by atoms with van der Waals surface area (Å²) in [7, 11) is 0. The highest BCUT2D eigenvalue weighted by atomic mass is 19.4. The Morgan fingerprint density at radius 3 is 2.36 bits per heavy atom. The van der Waals surface area contributed by atoms with Gasteiger partial charge in [0.1, 0.15) is 17.5 Å². The second-order valence-electron chi connectivity index (χ2n) is 5.99. The monoisotopic (exact) mass is 399 g/mol. The van der Waals surface area contributed by atoms with E-state index in [0.29, 0.717) is 5.69 Å². The molecule has 0 saturated heterocycles. The third-order valence-corrected chi connectivity index (χ3v) is 3.65. The van der Waals surface area contributed by atoms with E-state index in [-0.39, 0.29) is 22.7 Å². The highest BCUT2D eigenvalue weighted by Gasteiger charge is 2.36. The van der Waals surface area contributed by atoms with Crippen molar-refractivity contribution in [1.82, 2.24) is 0 Å². The van der Waals surface area contributed by atoms with Gasteiger partial charge in [0, 0.05) is 23.0 Å². The van der Waals surface area contributed by atoms with Gasteiger partial charge < -0.3 is 15.8 Å². The largest absolute Gasteiger partial charge is 0.414 e. The second kappa shape index (κ2) is 8.83. The van der Waals surface area contributed by atoms with Crippen LogP contribution in [-0.2, 0) is 11.3 Å². The Bertz CT molecular complexity index is 863. The molecular formula is C19H18F5N3O. The van der Waals surface area contributed by atoms with Crippen LogP contribution in [0.25, 0.3) is 5.70 Å². The molecule has 150 valence electrons. The molecule has 2 rings (SSSR count). The molecular weight excluding hydrogens is 381 g/mol. The Labute approximate surface area is 158 Å². The minimum absolute atomic E-state index is 0.168. The minimum atomic E-state index is -4.53. The first-order chi connectivity index (χ1) is 13.0. The van der Waals surface area contributed by atoms with Crippen molar-refractivity contribution in [3.63, 3.8) is 0 Å². The van der Waals surface area contributed by atoms with E-state index < -0.39 is 30.5 Å². The van der Waals surface area contributed by atoms with E-state index in [2.05, 4.69) is 5.32 Å². The molecule has 0 aromatic heterocycles. The molecule has 2 aromatic rings. The number of alkyl halides is 3. The Morgan fingerprint density at radius 1 is 1.14 bits per heavy atom. The maximum absolute atomic E-state index is 14.0. The summed E-state index contributed by atoms with van der Waals surface area (Å²) in [6.07, 6.45) is -5.33. The summed E-state index contributed by atoms with van der Waals surface area (Å²) < 4.78 is 69.5. The Balaban J connectivity index is 2.29.